The summed E-state index contributed by atoms with van der Waals surface area (Å²) in [5.41, 5.74) is 2.77. The van der Waals surface area contributed by atoms with Crippen LogP contribution in [-0.4, -0.2) is 49.9 Å². The van der Waals surface area contributed by atoms with Crippen molar-refractivity contribution in [3.63, 3.8) is 0 Å². The van der Waals surface area contributed by atoms with Crippen LogP contribution in [-0.2, 0) is 28.6 Å². The van der Waals surface area contributed by atoms with Crippen LogP contribution in [0.5, 0.6) is 0 Å². The number of aryl methyl sites for hydroxylation is 2. The van der Waals surface area contributed by atoms with Crippen molar-refractivity contribution < 1.29 is 18.5 Å². The van der Waals surface area contributed by atoms with Crippen LogP contribution in [0.15, 0.2) is 57.7 Å². The summed E-state index contributed by atoms with van der Waals surface area (Å²) in [6, 6.07) is 13.6. The second-order valence-corrected chi connectivity index (χ2v) is 11.3. The second-order valence-electron chi connectivity index (χ2n) is 8.76. The Bertz CT molecular complexity index is 1740. The number of benzene rings is 3. The van der Waals surface area contributed by atoms with Gasteiger partial charge in [0, 0.05) is 36.0 Å². The van der Waals surface area contributed by atoms with Crippen LogP contribution in [0.25, 0.3) is 21.8 Å². The van der Waals surface area contributed by atoms with E-state index < -0.39 is 21.5 Å². The number of hydrogen-bond acceptors (Lipinski definition) is 6. The quantitative estimate of drug-likeness (QED) is 0.402. The first-order chi connectivity index (χ1) is 16.8. The van der Waals surface area contributed by atoms with Crippen molar-refractivity contribution in [1.29, 1.82) is 0 Å². The number of aromatic nitrogens is 2. The van der Waals surface area contributed by atoms with Crippen molar-refractivity contribution >= 4 is 54.7 Å². The third-order valence-corrected chi connectivity index (χ3v) is 8.89. The van der Waals surface area contributed by atoms with Crippen LogP contribution in [0.1, 0.15) is 20.7 Å². The molecule has 35 heavy (non-hydrogen) atoms. The molecule has 178 valence electrons. The molecule has 0 N–H and O–H groups in total. The molecule has 9 nitrogen and oxygen atoms in total. The lowest BCUT2D eigenvalue weighted by atomic mass is 9.93. The molecule has 4 aromatic rings. The summed E-state index contributed by atoms with van der Waals surface area (Å²) in [5, 5.41) is 1.14. The van der Waals surface area contributed by atoms with Gasteiger partial charge in [-0.3, -0.25) is 18.7 Å². The maximum absolute atomic E-state index is 13.6. The monoisotopic (exact) mass is 490 g/mol. The fourth-order valence-electron chi connectivity index (χ4n) is 4.88. The average molecular weight is 491 g/mol. The zero-order chi connectivity index (χ0) is 24.5. The molecule has 2 aliphatic heterocycles. The predicted octanol–water partition coefficient (Wildman–Crippen LogP) is 2.96. The van der Waals surface area contributed by atoms with E-state index in [-0.39, 0.29) is 5.69 Å². The smallest absolute Gasteiger partial charge is 0.328 e. The lowest BCUT2D eigenvalue weighted by molar-refractivity contribution is 0.0893. The second kappa shape index (κ2) is 7.62. The Hall–Kier alpha value is -3.76. The van der Waals surface area contributed by atoms with Gasteiger partial charge in [-0.25, -0.2) is 13.9 Å². The molecule has 2 aliphatic rings. The highest BCUT2D eigenvalue weighted by atomic mass is 32.2. The van der Waals surface area contributed by atoms with E-state index in [0.717, 1.165) is 4.90 Å². The summed E-state index contributed by atoms with van der Waals surface area (Å²) < 4.78 is 26.1. The Morgan fingerprint density at radius 1 is 0.857 bits per heavy atom. The Morgan fingerprint density at radius 3 is 2.29 bits per heavy atom. The number of hydrogen-bond donors (Lipinski definition) is 0. The standard InChI is InChI=1S/C25H22N4O5S/c1-27-20-9-6-15(14-21(20)28(2)25(27)32)29-23(30)17-5-3-4-16-19(8-7-18(22(16)17)24(29)31)26-35(33)12-10-34-11-13-35/h3-9,14H,10-13H2,1-2H3. The molecular weight excluding hydrogens is 468 g/mol. The van der Waals surface area contributed by atoms with E-state index in [9.17, 15) is 18.6 Å². The summed E-state index contributed by atoms with van der Waals surface area (Å²) in [7, 11) is 0.861. The number of carbonyl (C=O) groups is 2. The zero-order valence-electron chi connectivity index (χ0n) is 19.2. The molecule has 0 saturated carbocycles. The summed E-state index contributed by atoms with van der Waals surface area (Å²) in [4.78, 5) is 40.7. The molecule has 2 amide bonds. The Kier molecular flexibility index (Phi) is 4.74. The van der Waals surface area contributed by atoms with Gasteiger partial charge in [-0.05, 0) is 36.4 Å². The molecule has 0 aliphatic carbocycles. The minimum atomic E-state index is -2.47. The SMILES string of the molecule is Cn1c(=O)n(C)c2cc(N3C(=O)c4cccc5c(N=S6(=O)CCOCC6)ccc(c45)C3=O)ccc21. The van der Waals surface area contributed by atoms with Gasteiger partial charge < -0.3 is 4.74 Å². The van der Waals surface area contributed by atoms with E-state index in [4.69, 9.17) is 4.74 Å². The maximum Gasteiger partial charge on any atom is 0.328 e. The molecule has 1 saturated heterocycles. The molecule has 3 heterocycles. The molecule has 0 bridgehead atoms. The van der Waals surface area contributed by atoms with Crippen LogP contribution in [0.2, 0.25) is 0 Å². The fraction of sp³-hybridized carbons (Fsp3) is 0.240. The Labute approximate surface area is 200 Å². The van der Waals surface area contributed by atoms with Gasteiger partial charge in [-0.1, -0.05) is 12.1 Å². The van der Waals surface area contributed by atoms with E-state index in [1.807, 2.05) is 0 Å². The number of anilines is 1. The molecule has 0 radical (unpaired) electrons. The van der Waals surface area contributed by atoms with E-state index in [2.05, 4.69) is 4.36 Å². The zero-order valence-corrected chi connectivity index (χ0v) is 20.0. The first-order valence-corrected chi connectivity index (χ1v) is 13.0. The highest BCUT2D eigenvalue weighted by molar-refractivity contribution is 7.93. The number of fused-ring (bicyclic) bond motifs is 1. The number of imidazole rings is 1. The predicted molar refractivity (Wildman–Crippen MR) is 134 cm³/mol. The van der Waals surface area contributed by atoms with Crippen molar-refractivity contribution in [2.24, 2.45) is 18.5 Å². The fourth-order valence-corrected chi connectivity index (χ4v) is 6.54. The molecule has 0 spiro atoms. The minimum Gasteiger partial charge on any atom is -0.379 e. The van der Waals surface area contributed by atoms with E-state index >= 15 is 0 Å². The summed E-state index contributed by atoms with van der Waals surface area (Å²) >= 11 is 0. The minimum absolute atomic E-state index is 0.192. The van der Waals surface area contributed by atoms with Crippen LogP contribution in [0.4, 0.5) is 11.4 Å². The van der Waals surface area contributed by atoms with Gasteiger partial charge in [-0.15, -0.1) is 0 Å². The average Bonchev–Trinajstić information content (AvgIpc) is 3.07. The Morgan fingerprint density at radius 2 is 1.54 bits per heavy atom. The molecule has 1 aromatic heterocycles. The molecule has 0 atom stereocenters. The van der Waals surface area contributed by atoms with Crippen molar-refractivity contribution in [3.8, 4) is 0 Å². The lowest BCUT2D eigenvalue weighted by Crippen LogP contribution is -2.40. The van der Waals surface area contributed by atoms with Gasteiger partial charge in [0.25, 0.3) is 11.8 Å². The van der Waals surface area contributed by atoms with Gasteiger partial charge in [-0.2, -0.15) is 4.36 Å². The first kappa shape index (κ1) is 21.8. The number of amides is 2. The first-order valence-electron chi connectivity index (χ1n) is 11.2. The van der Waals surface area contributed by atoms with Crippen molar-refractivity contribution in [1.82, 2.24) is 9.13 Å². The van der Waals surface area contributed by atoms with Crippen LogP contribution in [0, 0.1) is 0 Å². The van der Waals surface area contributed by atoms with E-state index in [1.165, 1.54) is 9.13 Å². The van der Waals surface area contributed by atoms with Crippen LogP contribution in [0.3, 0.4) is 0 Å². The van der Waals surface area contributed by atoms with Crippen LogP contribution < -0.4 is 10.6 Å². The van der Waals surface area contributed by atoms with E-state index in [0.29, 0.717) is 69.0 Å². The summed E-state index contributed by atoms with van der Waals surface area (Å²) in [6.45, 7) is 0.791. The molecule has 10 heteroatoms. The third kappa shape index (κ3) is 3.17. The van der Waals surface area contributed by atoms with Gasteiger partial charge in [0.1, 0.15) is 0 Å². The number of ether oxygens (including phenoxy) is 1. The largest absolute Gasteiger partial charge is 0.379 e. The Balaban J connectivity index is 1.52. The highest BCUT2D eigenvalue weighted by Gasteiger charge is 2.35. The lowest BCUT2D eigenvalue weighted by Gasteiger charge is -2.27. The molecule has 3 aromatic carbocycles. The van der Waals surface area contributed by atoms with Gasteiger partial charge in [0.2, 0.25) is 0 Å². The van der Waals surface area contributed by atoms with E-state index in [1.54, 1.807) is 62.6 Å². The number of nitrogens with zero attached hydrogens (tertiary/aromatic N) is 4. The highest BCUT2D eigenvalue weighted by Crippen LogP contribution is 2.38. The normalized spacial score (nSPS) is 17.4. The van der Waals surface area contributed by atoms with Gasteiger partial charge in [0.15, 0.2) is 0 Å². The maximum atomic E-state index is 13.6. The number of rotatable bonds is 2. The van der Waals surface area contributed by atoms with Gasteiger partial charge in [0.05, 0.1) is 56.9 Å². The number of carbonyl (C=O) groups excluding carboxylic acids is 2. The summed E-state index contributed by atoms with van der Waals surface area (Å²) in [6.07, 6.45) is 0. The molecule has 0 unspecified atom stereocenters. The van der Waals surface area contributed by atoms with Crippen LogP contribution >= 0.6 is 0 Å². The number of imide groups is 1. The molecular formula is C25H22N4O5S. The summed E-state index contributed by atoms with van der Waals surface area (Å²) in [5.74, 6) is -0.209. The van der Waals surface area contributed by atoms with Gasteiger partial charge >= 0.3 is 5.69 Å². The molecule has 6 rings (SSSR count). The van der Waals surface area contributed by atoms with Crippen molar-refractivity contribution in [2.75, 3.05) is 29.6 Å². The molecule has 1 fully saturated rings. The van der Waals surface area contributed by atoms with Crippen molar-refractivity contribution in [3.05, 3.63) is 70.1 Å². The third-order valence-electron chi connectivity index (χ3n) is 6.76. The van der Waals surface area contributed by atoms with Crippen molar-refractivity contribution in [2.45, 2.75) is 0 Å². The topological polar surface area (TPSA) is 103 Å².